The summed E-state index contributed by atoms with van der Waals surface area (Å²) in [7, 11) is -3.60. The molecule has 0 saturated carbocycles. The third kappa shape index (κ3) is 4.52. The van der Waals surface area contributed by atoms with Crippen LogP contribution < -0.4 is 14.4 Å². The van der Waals surface area contributed by atoms with Crippen molar-refractivity contribution in [2.75, 3.05) is 28.5 Å². The molecule has 1 heterocycles. The zero-order valence-corrected chi connectivity index (χ0v) is 18.0. The van der Waals surface area contributed by atoms with Crippen LogP contribution in [0.4, 0.5) is 11.4 Å². The Morgan fingerprint density at radius 2 is 1.97 bits per heavy atom. The lowest BCUT2D eigenvalue weighted by atomic mass is 10.2. The van der Waals surface area contributed by atoms with Gasteiger partial charge in [-0.05, 0) is 44.2 Å². The zero-order valence-electron chi connectivity index (χ0n) is 16.4. The number of carbonyl (C=O) groups excluding carboxylic acids is 2. The number of hydrogen-bond acceptors (Lipinski definition) is 6. The predicted molar refractivity (Wildman–Crippen MR) is 114 cm³/mol. The van der Waals surface area contributed by atoms with Crippen molar-refractivity contribution in [3.63, 3.8) is 0 Å². The van der Waals surface area contributed by atoms with Crippen molar-refractivity contribution in [1.82, 2.24) is 0 Å². The lowest BCUT2D eigenvalue weighted by molar-refractivity contribution is -0.122. The molecular weight excluding hydrogens is 432 g/mol. The number of hydrogen-bond donors (Lipinski definition) is 1. The quantitative estimate of drug-likeness (QED) is 0.676. The maximum absolute atomic E-state index is 12.8. The molecule has 0 fully saturated rings. The number of carbonyl (C=O) groups is 2. The number of nitrogens with zero attached hydrogens (tertiary/aromatic N) is 1. The van der Waals surface area contributed by atoms with Crippen LogP contribution in [-0.2, 0) is 19.6 Å². The summed E-state index contributed by atoms with van der Waals surface area (Å²) < 4.78 is 36.9. The summed E-state index contributed by atoms with van der Waals surface area (Å²) in [4.78, 5) is 24.6. The summed E-state index contributed by atoms with van der Waals surface area (Å²) in [6.07, 6.45) is -1.07. The van der Waals surface area contributed by atoms with E-state index in [2.05, 4.69) is 5.32 Å². The maximum atomic E-state index is 12.8. The highest BCUT2D eigenvalue weighted by Crippen LogP contribution is 2.35. The van der Waals surface area contributed by atoms with E-state index in [0.29, 0.717) is 17.1 Å². The highest BCUT2D eigenvalue weighted by atomic mass is 35.5. The van der Waals surface area contributed by atoms with Crippen molar-refractivity contribution in [2.45, 2.75) is 20.0 Å². The molecule has 1 atom stereocenters. The molecule has 0 unspecified atom stereocenters. The van der Waals surface area contributed by atoms with Crippen LogP contribution in [0.25, 0.3) is 0 Å². The van der Waals surface area contributed by atoms with Crippen molar-refractivity contribution in [2.24, 2.45) is 0 Å². The molecule has 8 nitrogen and oxygen atoms in total. The number of amides is 1. The number of rotatable bonds is 6. The second-order valence-electron chi connectivity index (χ2n) is 6.41. The first kappa shape index (κ1) is 21.9. The van der Waals surface area contributed by atoms with E-state index in [1.165, 1.54) is 29.4 Å². The first-order chi connectivity index (χ1) is 14.3. The van der Waals surface area contributed by atoms with Gasteiger partial charge in [-0.3, -0.25) is 9.10 Å². The van der Waals surface area contributed by atoms with E-state index in [1.54, 1.807) is 31.2 Å². The molecule has 1 N–H and O–H groups in total. The second kappa shape index (κ2) is 8.93. The van der Waals surface area contributed by atoms with E-state index in [4.69, 9.17) is 21.1 Å². The molecule has 30 heavy (non-hydrogen) atoms. The van der Waals surface area contributed by atoms with E-state index in [0.717, 1.165) is 0 Å². The van der Waals surface area contributed by atoms with Crippen molar-refractivity contribution >= 4 is 44.9 Å². The Morgan fingerprint density at radius 3 is 2.63 bits per heavy atom. The lowest BCUT2D eigenvalue weighted by Crippen LogP contribution is -2.49. The van der Waals surface area contributed by atoms with Crippen LogP contribution in [0.3, 0.4) is 0 Å². The summed E-state index contributed by atoms with van der Waals surface area (Å²) in [5.41, 5.74) is 0.912. The van der Waals surface area contributed by atoms with Gasteiger partial charge < -0.3 is 14.8 Å². The third-order valence-corrected chi connectivity index (χ3v) is 6.52. The molecule has 2 aromatic carbocycles. The summed E-state index contributed by atoms with van der Waals surface area (Å²) in [6, 6.07) is 11.0. The van der Waals surface area contributed by atoms with Crippen LogP contribution in [0, 0.1) is 0 Å². The first-order valence-corrected chi connectivity index (χ1v) is 11.3. The number of para-hydroxylation sites is 2. The number of benzene rings is 2. The number of ether oxygens (including phenoxy) is 2. The summed E-state index contributed by atoms with van der Waals surface area (Å²) in [5, 5.41) is 2.77. The summed E-state index contributed by atoms with van der Waals surface area (Å²) >= 11 is 6.13. The van der Waals surface area contributed by atoms with E-state index in [9.17, 15) is 18.0 Å². The second-order valence-corrected chi connectivity index (χ2v) is 9.00. The van der Waals surface area contributed by atoms with Gasteiger partial charge in [0.2, 0.25) is 10.0 Å². The molecule has 1 aliphatic heterocycles. The molecule has 1 amide bonds. The Hall–Kier alpha value is -2.78. The Bertz CT molecular complexity index is 1070. The summed E-state index contributed by atoms with van der Waals surface area (Å²) in [5.74, 6) is -0.911. The van der Waals surface area contributed by atoms with Gasteiger partial charge in [-0.25, -0.2) is 13.2 Å². The van der Waals surface area contributed by atoms with E-state index in [-0.39, 0.29) is 29.5 Å². The maximum Gasteiger partial charge on any atom is 0.339 e. The number of anilines is 2. The van der Waals surface area contributed by atoms with E-state index < -0.39 is 28.0 Å². The molecule has 0 spiro atoms. The van der Waals surface area contributed by atoms with Crippen LogP contribution in [0.5, 0.6) is 5.75 Å². The first-order valence-electron chi connectivity index (χ1n) is 9.30. The monoisotopic (exact) mass is 452 g/mol. The normalized spacial score (nSPS) is 15.7. The van der Waals surface area contributed by atoms with Gasteiger partial charge >= 0.3 is 5.97 Å². The number of sulfonamides is 1. The fraction of sp³-hybridized carbons (Fsp3) is 0.300. The van der Waals surface area contributed by atoms with Crippen molar-refractivity contribution < 1.29 is 27.5 Å². The Kier molecular flexibility index (Phi) is 6.52. The highest BCUT2D eigenvalue weighted by Gasteiger charge is 2.36. The smallest absolute Gasteiger partial charge is 0.339 e. The minimum Gasteiger partial charge on any atom is -0.476 e. The lowest BCUT2D eigenvalue weighted by Gasteiger charge is -2.34. The molecule has 160 valence electrons. The van der Waals surface area contributed by atoms with Gasteiger partial charge in [0.15, 0.2) is 6.10 Å². The van der Waals surface area contributed by atoms with Gasteiger partial charge in [-0.15, -0.1) is 0 Å². The largest absolute Gasteiger partial charge is 0.476 e. The molecule has 0 radical (unpaired) electrons. The minimum absolute atomic E-state index is 0.111. The Labute approximate surface area is 179 Å². The van der Waals surface area contributed by atoms with Gasteiger partial charge in [0.1, 0.15) is 5.75 Å². The number of halogens is 1. The molecule has 0 bridgehead atoms. The standard InChI is InChI=1S/C20H21ClN2O6S/c1-3-28-20(25)14-10-9-13(11-15(14)21)22-19(24)18-12-23(30(26,27)4-2)16-7-5-6-8-17(16)29-18/h5-11,18H,3-4,12H2,1-2H3,(H,22,24)/t18-/m0/s1. The average Bonchev–Trinajstić information content (AvgIpc) is 2.73. The molecule has 0 aromatic heterocycles. The van der Waals surface area contributed by atoms with Gasteiger partial charge in [0, 0.05) is 5.69 Å². The van der Waals surface area contributed by atoms with Gasteiger partial charge in [0.05, 0.1) is 35.2 Å². The number of nitrogens with one attached hydrogen (secondary N) is 1. The van der Waals surface area contributed by atoms with Crippen LogP contribution in [0.1, 0.15) is 24.2 Å². The van der Waals surface area contributed by atoms with Gasteiger partial charge in [-0.1, -0.05) is 23.7 Å². The SMILES string of the molecule is CCOC(=O)c1ccc(NC(=O)[C@@H]2CN(S(=O)(=O)CC)c3ccccc3O2)cc1Cl. The highest BCUT2D eigenvalue weighted by molar-refractivity contribution is 7.92. The van der Waals surface area contributed by atoms with Crippen molar-refractivity contribution in [3.8, 4) is 5.75 Å². The fourth-order valence-electron chi connectivity index (χ4n) is 2.95. The molecule has 0 saturated heterocycles. The molecule has 1 aliphatic rings. The van der Waals surface area contributed by atoms with Crippen LogP contribution >= 0.6 is 11.6 Å². The third-order valence-electron chi connectivity index (χ3n) is 4.46. The van der Waals surface area contributed by atoms with Crippen molar-refractivity contribution in [1.29, 1.82) is 0 Å². The molecule has 2 aromatic rings. The Balaban J connectivity index is 1.81. The van der Waals surface area contributed by atoms with Crippen molar-refractivity contribution in [3.05, 3.63) is 53.1 Å². The number of esters is 1. The van der Waals surface area contributed by atoms with Crippen LogP contribution in [-0.4, -0.2) is 45.3 Å². The molecular formula is C20H21ClN2O6S. The van der Waals surface area contributed by atoms with E-state index in [1.807, 2.05) is 0 Å². The van der Waals surface area contributed by atoms with Crippen LogP contribution in [0.15, 0.2) is 42.5 Å². The minimum atomic E-state index is -3.60. The molecule has 10 heteroatoms. The topological polar surface area (TPSA) is 102 Å². The van der Waals surface area contributed by atoms with Crippen LogP contribution in [0.2, 0.25) is 5.02 Å². The summed E-state index contributed by atoms with van der Waals surface area (Å²) in [6.45, 7) is 3.28. The molecule has 0 aliphatic carbocycles. The predicted octanol–water partition coefficient (Wildman–Crippen LogP) is 3.07. The Morgan fingerprint density at radius 1 is 1.23 bits per heavy atom. The van der Waals surface area contributed by atoms with E-state index >= 15 is 0 Å². The fourth-order valence-corrected chi connectivity index (χ4v) is 4.33. The molecule has 3 rings (SSSR count). The zero-order chi connectivity index (χ0) is 21.9. The van der Waals surface area contributed by atoms with Gasteiger partial charge in [-0.2, -0.15) is 0 Å². The number of fused-ring (bicyclic) bond motifs is 1. The van der Waals surface area contributed by atoms with Gasteiger partial charge in [0.25, 0.3) is 5.91 Å². The average molecular weight is 453 g/mol.